The van der Waals surface area contributed by atoms with Crippen LogP contribution in [0.15, 0.2) is 0 Å². The molecule has 0 spiro atoms. The molecule has 1 atom stereocenters. The molecule has 1 radical (unpaired) electrons. The Morgan fingerprint density at radius 2 is 1.57 bits per heavy atom. The Kier molecular flexibility index (Phi) is 2.18. The van der Waals surface area contributed by atoms with Crippen molar-refractivity contribution < 1.29 is 0 Å². The van der Waals surface area contributed by atoms with E-state index < -0.39 is 0 Å². The maximum atomic E-state index is 4.17. The standard InChI is InChI=1S/C6H13S/c1-5(7)6(2,3)4/h5,7H,1H2,2-4H3. The van der Waals surface area contributed by atoms with Crippen LogP contribution in [0.3, 0.4) is 0 Å². The Hall–Kier alpha value is 0.350. The molecule has 0 N–H and O–H groups in total. The van der Waals surface area contributed by atoms with Crippen LogP contribution < -0.4 is 0 Å². The van der Waals surface area contributed by atoms with E-state index in [1.165, 1.54) is 0 Å². The molecule has 0 aliphatic rings. The summed E-state index contributed by atoms with van der Waals surface area (Å²) in [6, 6.07) is 0. The fourth-order valence-electron chi connectivity index (χ4n) is 0. The zero-order valence-electron chi connectivity index (χ0n) is 5.23. The topological polar surface area (TPSA) is 0 Å². The van der Waals surface area contributed by atoms with Gasteiger partial charge in [-0.3, -0.25) is 0 Å². The molecule has 0 nitrogen and oxygen atoms in total. The van der Waals surface area contributed by atoms with E-state index in [0.29, 0.717) is 0 Å². The molecule has 1 heteroatoms. The van der Waals surface area contributed by atoms with Crippen molar-refractivity contribution in [2.75, 3.05) is 0 Å². The van der Waals surface area contributed by atoms with Crippen molar-refractivity contribution in [3.05, 3.63) is 6.92 Å². The molecule has 0 aromatic heterocycles. The third-order valence-electron chi connectivity index (χ3n) is 1.000. The Morgan fingerprint density at radius 3 is 1.57 bits per heavy atom. The summed E-state index contributed by atoms with van der Waals surface area (Å²) in [5, 5.41) is 0.243. The van der Waals surface area contributed by atoms with Crippen LogP contribution in [0, 0.1) is 12.3 Å². The normalized spacial score (nSPS) is 16.7. The quantitative estimate of drug-likeness (QED) is 0.462. The predicted octanol–water partition coefficient (Wildman–Crippen LogP) is 2.16. The van der Waals surface area contributed by atoms with Gasteiger partial charge in [0.2, 0.25) is 0 Å². The van der Waals surface area contributed by atoms with Crippen molar-refractivity contribution in [1.29, 1.82) is 0 Å². The summed E-state index contributed by atoms with van der Waals surface area (Å²) in [5.41, 5.74) is 0.253. The zero-order chi connectivity index (χ0) is 6.08. The van der Waals surface area contributed by atoms with E-state index in [-0.39, 0.29) is 10.7 Å². The molecule has 0 heterocycles. The van der Waals surface area contributed by atoms with Crippen LogP contribution in [0.4, 0.5) is 0 Å². The molecule has 0 saturated heterocycles. The van der Waals surface area contributed by atoms with E-state index in [1.807, 2.05) is 0 Å². The lowest BCUT2D eigenvalue weighted by Crippen LogP contribution is -2.16. The summed E-state index contributed by atoms with van der Waals surface area (Å²) < 4.78 is 0. The smallest absolute Gasteiger partial charge is 0.00657 e. The average Bonchev–Trinajstić information content (AvgIpc) is 1.31. The van der Waals surface area contributed by atoms with Gasteiger partial charge in [-0.25, -0.2) is 0 Å². The Bertz CT molecular complexity index is 49.7. The van der Waals surface area contributed by atoms with E-state index >= 15 is 0 Å². The highest BCUT2D eigenvalue weighted by Gasteiger charge is 2.14. The third-order valence-corrected chi connectivity index (χ3v) is 1.77. The largest absolute Gasteiger partial charge is 0.175 e. The fraction of sp³-hybridized carbons (Fsp3) is 0.833. The van der Waals surface area contributed by atoms with Gasteiger partial charge < -0.3 is 0 Å². The first-order chi connectivity index (χ1) is 2.94. The number of thiol groups is 1. The van der Waals surface area contributed by atoms with Gasteiger partial charge in [-0.1, -0.05) is 20.8 Å². The molecule has 0 aromatic carbocycles. The summed E-state index contributed by atoms with van der Waals surface area (Å²) >= 11 is 4.17. The van der Waals surface area contributed by atoms with E-state index in [0.717, 1.165) is 0 Å². The molecule has 43 valence electrons. The highest BCUT2D eigenvalue weighted by atomic mass is 32.1. The maximum absolute atomic E-state index is 4.17. The Labute approximate surface area is 51.7 Å². The molecule has 0 fully saturated rings. The second kappa shape index (κ2) is 2.08. The minimum atomic E-state index is 0.243. The number of hydrogen-bond acceptors (Lipinski definition) is 1. The van der Waals surface area contributed by atoms with E-state index in [2.05, 4.69) is 40.3 Å². The third kappa shape index (κ3) is 2.98. The van der Waals surface area contributed by atoms with E-state index in [9.17, 15) is 0 Å². The number of hydrogen-bond donors (Lipinski definition) is 1. The Morgan fingerprint density at radius 1 is 1.43 bits per heavy atom. The van der Waals surface area contributed by atoms with Gasteiger partial charge in [0.1, 0.15) is 0 Å². The van der Waals surface area contributed by atoms with Crippen LogP contribution in [-0.2, 0) is 0 Å². The molecule has 0 bridgehead atoms. The molecular formula is C6H13S. The van der Waals surface area contributed by atoms with Crippen LogP contribution in [0.1, 0.15) is 20.8 Å². The highest BCUT2D eigenvalue weighted by molar-refractivity contribution is 7.81. The molecule has 0 aromatic rings. The van der Waals surface area contributed by atoms with Gasteiger partial charge in [0.25, 0.3) is 0 Å². The van der Waals surface area contributed by atoms with E-state index in [1.54, 1.807) is 0 Å². The Balaban J connectivity index is 3.54. The maximum Gasteiger partial charge on any atom is 0.00657 e. The van der Waals surface area contributed by atoms with Gasteiger partial charge in [0.05, 0.1) is 0 Å². The van der Waals surface area contributed by atoms with Gasteiger partial charge in [-0.2, -0.15) is 12.6 Å². The van der Waals surface area contributed by atoms with Gasteiger partial charge >= 0.3 is 0 Å². The van der Waals surface area contributed by atoms with Gasteiger partial charge in [-0.05, 0) is 12.3 Å². The van der Waals surface area contributed by atoms with Crippen molar-refractivity contribution in [2.45, 2.75) is 26.0 Å². The van der Waals surface area contributed by atoms with Gasteiger partial charge in [-0.15, -0.1) is 0 Å². The van der Waals surface area contributed by atoms with Crippen LogP contribution >= 0.6 is 12.6 Å². The zero-order valence-corrected chi connectivity index (χ0v) is 6.13. The van der Waals surface area contributed by atoms with Gasteiger partial charge in [0, 0.05) is 5.25 Å². The van der Waals surface area contributed by atoms with Gasteiger partial charge in [0.15, 0.2) is 0 Å². The van der Waals surface area contributed by atoms with Crippen molar-refractivity contribution in [3.8, 4) is 0 Å². The van der Waals surface area contributed by atoms with Crippen molar-refractivity contribution in [1.82, 2.24) is 0 Å². The monoisotopic (exact) mass is 117 g/mol. The summed E-state index contributed by atoms with van der Waals surface area (Å²) in [6.45, 7) is 10.1. The predicted molar refractivity (Wildman–Crippen MR) is 37.6 cm³/mol. The van der Waals surface area contributed by atoms with Crippen molar-refractivity contribution in [3.63, 3.8) is 0 Å². The molecule has 1 unspecified atom stereocenters. The number of rotatable bonds is 0. The molecule has 0 rings (SSSR count). The lowest BCUT2D eigenvalue weighted by molar-refractivity contribution is 0.432. The first kappa shape index (κ1) is 7.35. The van der Waals surface area contributed by atoms with Crippen LogP contribution in [0.2, 0.25) is 0 Å². The second-order valence-electron chi connectivity index (χ2n) is 2.88. The van der Waals surface area contributed by atoms with Crippen LogP contribution in [0.5, 0.6) is 0 Å². The average molecular weight is 117 g/mol. The molecule has 0 aliphatic carbocycles. The summed E-state index contributed by atoms with van der Waals surface area (Å²) in [7, 11) is 0. The van der Waals surface area contributed by atoms with Crippen molar-refractivity contribution in [2.24, 2.45) is 5.41 Å². The lowest BCUT2D eigenvalue weighted by atomic mass is 9.93. The summed E-state index contributed by atoms with van der Waals surface area (Å²) in [4.78, 5) is 0. The minimum Gasteiger partial charge on any atom is -0.175 e. The second-order valence-corrected chi connectivity index (χ2v) is 3.51. The fourth-order valence-corrected chi connectivity index (χ4v) is 0. The molecule has 0 aliphatic heterocycles. The first-order valence-corrected chi connectivity index (χ1v) is 2.97. The molecule has 7 heavy (non-hydrogen) atoms. The first-order valence-electron chi connectivity index (χ1n) is 2.46. The highest BCUT2D eigenvalue weighted by Crippen LogP contribution is 2.22. The molecular weight excluding hydrogens is 104 g/mol. The molecule has 0 amide bonds. The summed E-state index contributed by atoms with van der Waals surface area (Å²) in [5.74, 6) is 0. The lowest BCUT2D eigenvalue weighted by Gasteiger charge is -2.21. The SMILES string of the molecule is [CH2]C(S)C(C)(C)C. The minimum absolute atomic E-state index is 0.243. The molecule has 0 saturated carbocycles. The van der Waals surface area contributed by atoms with E-state index in [4.69, 9.17) is 0 Å². The van der Waals surface area contributed by atoms with Crippen LogP contribution in [0.25, 0.3) is 0 Å². The van der Waals surface area contributed by atoms with Crippen LogP contribution in [-0.4, -0.2) is 5.25 Å². The van der Waals surface area contributed by atoms with Crippen molar-refractivity contribution >= 4 is 12.6 Å². The summed E-state index contributed by atoms with van der Waals surface area (Å²) in [6.07, 6.45) is 0.